The van der Waals surface area contributed by atoms with E-state index >= 15 is 0 Å². The molecule has 3 aromatic rings. The lowest BCUT2D eigenvalue weighted by Crippen LogP contribution is -1.91. The molecule has 2 aromatic heterocycles. The van der Waals surface area contributed by atoms with Crippen molar-refractivity contribution < 1.29 is 4.74 Å². The highest BCUT2D eigenvalue weighted by Crippen LogP contribution is 2.40. The number of nitrogens with one attached hydrogen (secondary N) is 1. The van der Waals surface area contributed by atoms with Crippen LogP contribution in [-0.4, -0.2) is 12.1 Å². The van der Waals surface area contributed by atoms with Crippen LogP contribution >= 0.6 is 11.3 Å². The van der Waals surface area contributed by atoms with Crippen molar-refractivity contribution in [3.05, 3.63) is 40.3 Å². The quantitative estimate of drug-likeness (QED) is 0.664. The van der Waals surface area contributed by atoms with Gasteiger partial charge in [-0.2, -0.15) is 0 Å². The molecule has 1 aromatic carbocycles. The maximum absolute atomic E-state index is 5.35. The van der Waals surface area contributed by atoms with Crippen molar-refractivity contribution in [2.75, 3.05) is 7.11 Å². The Balaban J connectivity index is 2.24. The Bertz CT molecular complexity index is 795. The number of ether oxygens (including phenoxy) is 1. The van der Waals surface area contributed by atoms with Crippen molar-refractivity contribution in [3.63, 3.8) is 0 Å². The van der Waals surface area contributed by atoms with E-state index < -0.39 is 0 Å². The summed E-state index contributed by atoms with van der Waals surface area (Å²) in [7, 11) is 1.71. The van der Waals surface area contributed by atoms with E-state index in [-0.39, 0.29) is 0 Å². The van der Waals surface area contributed by atoms with E-state index in [9.17, 15) is 0 Å². The third kappa shape index (κ3) is 2.26. The van der Waals surface area contributed by atoms with E-state index in [1.165, 1.54) is 38.2 Å². The van der Waals surface area contributed by atoms with Crippen LogP contribution in [0.2, 0.25) is 0 Å². The van der Waals surface area contributed by atoms with Crippen molar-refractivity contribution in [2.45, 2.75) is 33.6 Å². The summed E-state index contributed by atoms with van der Waals surface area (Å²) in [5.74, 6) is 1.44. The highest BCUT2D eigenvalue weighted by atomic mass is 32.1. The number of aromatic amines is 1. The zero-order valence-corrected chi connectivity index (χ0v) is 14.0. The number of methoxy groups -OCH3 is 1. The third-order valence-electron chi connectivity index (χ3n) is 4.09. The molecule has 0 unspecified atom stereocenters. The lowest BCUT2D eigenvalue weighted by molar-refractivity contribution is 0.415. The fourth-order valence-corrected chi connectivity index (χ4v) is 4.29. The monoisotopic (exact) mass is 299 g/mol. The Kier molecular flexibility index (Phi) is 3.54. The maximum atomic E-state index is 5.35. The lowest BCUT2D eigenvalue weighted by Gasteiger charge is -2.09. The summed E-state index contributed by atoms with van der Waals surface area (Å²) >= 11 is 1.83. The van der Waals surface area contributed by atoms with Gasteiger partial charge in [0, 0.05) is 10.9 Å². The molecule has 2 heterocycles. The summed E-state index contributed by atoms with van der Waals surface area (Å²) in [6.45, 7) is 8.92. The van der Waals surface area contributed by atoms with Gasteiger partial charge in [-0.1, -0.05) is 13.8 Å². The molecule has 0 atom stereocenters. The van der Waals surface area contributed by atoms with Crippen LogP contribution in [0.1, 0.15) is 36.5 Å². The zero-order chi connectivity index (χ0) is 15.1. The normalized spacial score (nSPS) is 11.5. The summed E-state index contributed by atoms with van der Waals surface area (Å²) in [5.41, 5.74) is 6.57. The number of aryl methyl sites for hydroxylation is 2. The first-order valence-corrected chi connectivity index (χ1v) is 8.15. The fourth-order valence-electron chi connectivity index (χ4n) is 3.02. The van der Waals surface area contributed by atoms with Crippen molar-refractivity contribution in [3.8, 4) is 16.3 Å². The predicted molar refractivity (Wildman–Crippen MR) is 91.7 cm³/mol. The molecular weight excluding hydrogens is 278 g/mol. The topological polar surface area (TPSA) is 25.0 Å². The van der Waals surface area contributed by atoms with E-state index in [1.54, 1.807) is 7.11 Å². The summed E-state index contributed by atoms with van der Waals surface area (Å²) in [4.78, 5) is 4.97. The highest BCUT2D eigenvalue weighted by Gasteiger charge is 2.18. The molecular formula is C18H21NOS. The van der Waals surface area contributed by atoms with Gasteiger partial charge in [-0.15, -0.1) is 11.3 Å². The summed E-state index contributed by atoms with van der Waals surface area (Å²) in [6, 6.07) is 6.21. The first-order valence-electron chi connectivity index (χ1n) is 7.27. The molecule has 0 saturated heterocycles. The Morgan fingerprint density at radius 3 is 2.62 bits per heavy atom. The Hall–Kier alpha value is -1.74. The van der Waals surface area contributed by atoms with E-state index in [1.807, 2.05) is 17.4 Å². The molecule has 3 heteroatoms. The minimum atomic E-state index is 0.534. The van der Waals surface area contributed by atoms with Crippen LogP contribution < -0.4 is 4.74 Å². The van der Waals surface area contributed by atoms with Crippen molar-refractivity contribution in [1.29, 1.82) is 0 Å². The second kappa shape index (κ2) is 5.23. The molecule has 3 rings (SSSR count). The van der Waals surface area contributed by atoms with Crippen molar-refractivity contribution >= 4 is 22.2 Å². The number of thiophene rings is 1. The minimum Gasteiger partial charge on any atom is -0.497 e. The molecule has 0 spiro atoms. The first-order chi connectivity index (χ1) is 10.0. The number of rotatable bonds is 3. The van der Waals surface area contributed by atoms with Gasteiger partial charge in [0.15, 0.2) is 0 Å². The fraction of sp³-hybridized carbons (Fsp3) is 0.333. The molecule has 0 bridgehead atoms. The Morgan fingerprint density at radius 1 is 1.19 bits per heavy atom. The summed E-state index contributed by atoms with van der Waals surface area (Å²) in [5, 5.41) is 3.50. The maximum Gasteiger partial charge on any atom is 0.119 e. The standard InChI is InChI=1S/C18H21NOS/c1-10(2)16-11(3)9-21-18(16)17-12(4)14-8-13(20-5)6-7-15(14)19-17/h6-10,19H,1-5H3. The summed E-state index contributed by atoms with van der Waals surface area (Å²) in [6.07, 6.45) is 0. The Morgan fingerprint density at radius 2 is 1.95 bits per heavy atom. The molecule has 0 amide bonds. The van der Waals surface area contributed by atoms with Gasteiger partial charge in [-0.25, -0.2) is 0 Å². The van der Waals surface area contributed by atoms with Gasteiger partial charge in [-0.05, 0) is 60.0 Å². The SMILES string of the molecule is COc1ccc2[nH]c(-c3scc(C)c3C(C)C)c(C)c2c1. The largest absolute Gasteiger partial charge is 0.497 e. The molecule has 2 nitrogen and oxygen atoms in total. The number of fused-ring (bicyclic) bond motifs is 1. The first kappa shape index (κ1) is 14.2. The zero-order valence-electron chi connectivity index (χ0n) is 13.2. The lowest BCUT2D eigenvalue weighted by atomic mass is 9.98. The molecule has 0 saturated carbocycles. The van der Waals surface area contributed by atoms with Crippen LogP contribution in [-0.2, 0) is 0 Å². The number of hydrogen-bond donors (Lipinski definition) is 1. The van der Waals surface area contributed by atoms with Gasteiger partial charge in [0.25, 0.3) is 0 Å². The average Bonchev–Trinajstić information content (AvgIpc) is 2.99. The number of benzene rings is 1. The molecule has 1 N–H and O–H groups in total. The van der Waals surface area contributed by atoms with E-state index in [0.29, 0.717) is 5.92 Å². The molecule has 110 valence electrons. The predicted octanol–water partition coefficient (Wildman–Crippen LogP) is 5.65. The van der Waals surface area contributed by atoms with Crippen LogP contribution in [0.5, 0.6) is 5.75 Å². The number of hydrogen-bond acceptors (Lipinski definition) is 2. The summed E-state index contributed by atoms with van der Waals surface area (Å²) < 4.78 is 5.35. The van der Waals surface area contributed by atoms with E-state index in [0.717, 1.165) is 5.75 Å². The second-order valence-corrected chi connectivity index (χ2v) is 6.73. The second-order valence-electron chi connectivity index (χ2n) is 5.85. The Labute approximate surface area is 129 Å². The molecule has 0 aliphatic carbocycles. The van der Waals surface area contributed by atoms with Gasteiger partial charge in [0.05, 0.1) is 17.7 Å². The average molecular weight is 299 g/mol. The molecule has 0 aliphatic rings. The molecule has 0 fully saturated rings. The number of aromatic nitrogens is 1. The smallest absolute Gasteiger partial charge is 0.119 e. The van der Waals surface area contributed by atoms with E-state index in [2.05, 4.69) is 50.2 Å². The van der Waals surface area contributed by atoms with Crippen molar-refractivity contribution in [1.82, 2.24) is 4.98 Å². The van der Waals surface area contributed by atoms with Crippen LogP contribution in [0.4, 0.5) is 0 Å². The van der Waals surface area contributed by atoms with Crippen LogP contribution in [0, 0.1) is 13.8 Å². The van der Waals surface area contributed by atoms with E-state index in [4.69, 9.17) is 4.74 Å². The third-order valence-corrected chi connectivity index (χ3v) is 5.22. The van der Waals surface area contributed by atoms with Gasteiger partial charge >= 0.3 is 0 Å². The van der Waals surface area contributed by atoms with Gasteiger partial charge in [0.1, 0.15) is 5.75 Å². The van der Waals surface area contributed by atoms with Gasteiger partial charge in [-0.3, -0.25) is 0 Å². The highest BCUT2D eigenvalue weighted by molar-refractivity contribution is 7.14. The molecule has 0 radical (unpaired) electrons. The van der Waals surface area contributed by atoms with Crippen LogP contribution in [0.3, 0.4) is 0 Å². The molecule has 21 heavy (non-hydrogen) atoms. The van der Waals surface area contributed by atoms with Crippen molar-refractivity contribution in [2.24, 2.45) is 0 Å². The number of H-pyrrole nitrogens is 1. The minimum absolute atomic E-state index is 0.534. The van der Waals surface area contributed by atoms with Crippen LogP contribution in [0.25, 0.3) is 21.5 Å². The molecule has 0 aliphatic heterocycles. The van der Waals surface area contributed by atoms with Crippen LogP contribution in [0.15, 0.2) is 23.6 Å². The van der Waals surface area contributed by atoms with Gasteiger partial charge in [0.2, 0.25) is 0 Å². The van der Waals surface area contributed by atoms with Gasteiger partial charge < -0.3 is 9.72 Å².